The Hall–Kier alpha value is -2.48. The molecule has 0 bridgehead atoms. The SMILES string of the molecule is N#CC(CC1=COCO1)C(=O)NCc1ccccc1. The Morgan fingerprint density at radius 2 is 2.21 bits per heavy atom. The van der Waals surface area contributed by atoms with Crippen LogP contribution in [0.15, 0.2) is 42.4 Å². The van der Waals surface area contributed by atoms with Gasteiger partial charge >= 0.3 is 0 Å². The van der Waals surface area contributed by atoms with Crippen molar-refractivity contribution >= 4 is 5.91 Å². The lowest BCUT2D eigenvalue weighted by Crippen LogP contribution is -2.29. The van der Waals surface area contributed by atoms with Gasteiger partial charge in [-0.2, -0.15) is 5.26 Å². The van der Waals surface area contributed by atoms with E-state index >= 15 is 0 Å². The summed E-state index contributed by atoms with van der Waals surface area (Å²) < 4.78 is 9.99. The third-order valence-electron chi connectivity index (χ3n) is 2.71. The first kappa shape index (κ1) is 13.0. The molecular weight excluding hydrogens is 244 g/mol. The fraction of sp³-hybridized carbons (Fsp3) is 0.286. The summed E-state index contributed by atoms with van der Waals surface area (Å²) in [6.07, 6.45) is 1.67. The zero-order chi connectivity index (χ0) is 13.5. The number of hydrogen-bond acceptors (Lipinski definition) is 4. The molecule has 5 heteroatoms. The van der Waals surface area contributed by atoms with E-state index in [4.69, 9.17) is 14.7 Å². The van der Waals surface area contributed by atoms with E-state index in [2.05, 4.69) is 5.32 Å². The molecule has 1 heterocycles. The minimum Gasteiger partial charge on any atom is -0.462 e. The molecule has 1 atom stereocenters. The van der Waals surface area contributed by atoms with E-state index in [1.165, 1.54) is 6.26 Å². The van der Waals surface area contributed by atoms with Gasteiger partial charge in [-0.3, -0.25) is 4.79 Å². The fourth-order valence-corrected chi connectivity index (χ4v) is 1.68. The number of allylic oxidation sites excluding steroid dienone is 1. The number of amides is 1. The van der Waals surface area contributed by atoms with E-state index < -0.39 is 5.92 Å². The number of nitrogens with one attached hydrogen (secondary N) is 1. The van der Waals surface area contributed by atoms with Crippen molar-refractivity contribution in [2.75, 3.05) is 6.79 Å². The summed E-state index contributed by atoms with van der Waals surface area (Å²) >= 11 is 0. The molecule has 19 heavy (non-hydrogen) atoms. The highest BCUT2D eigenvalue weighted by Gasteiger charge is 2.21. The maximum Gasteiger partial charge on any atom is 0.238 e. The van der Waals surface area contributed by atoms with Crippen LogP contribution in [0.4, 0.5) is 0 Å². The van der Waals surface area contributed by atoms with Crippen LogP contribution < -0.4 is 5.32 Å². The highest BCUT2D eigenvalue weighted by atomic mass is 16.7. The lowest BCUT2D eigenvalue weighted by atomic mass is 10.1. The Bertz CT molecular complexity index is 505. The van der Waals surface area contributed by atoms with Crippen LogP contribution in [-0.4, -0.2) is 12.7 Å². The molecule has 0 aromatic heterocycles. The van der Waals surface area contributed by atoms with Crippen LogP contribution in [0.1, 0.15) is 12.0 Å². The van der Waals surface area contributed by atoms with Gasteiger partial charge in [-0.05, 0) is 5.56 Å². The normalized spacial score (nSPS) is 14.6. The molecule has 0 saturated carbocycles. The number of carbonyl (C=O) groups is 1. The maximum absolute atomic E-state index is 11.9. The van der Waals surface area contributed by atoms with E-state index in [1.807, 2.05) is 36.4 Å². The predicted molar refractivity (Wildman–Crippen MR) is 67.1 cm³/mol. The van der Waals surface area contributed by atoms with Crippen molar-refractivity contribution < 1.29 is 14.3 Å². The summed E-state index contributed by atoms with van der Waals surface area (Å²) in [5.74, 6) is -0.541. The molecule has 1 aliphatic rings. The molecule has 1 unspecified atom stereocenters. The Labute approximate surface area is 111 Å². The van der Waals surface area contributed by atoms with Gasteiger partial charge in [0, 0.05) is 13.0 Å². The van der Waals surface area contributed by atoms with Gasteiger partial charge in [0.15, 0.2) is 0 Å². The largest absolute Gasteiger partial charge is 0.462 e. The predicted octanol–water partition coefficient (Wildman–Crippen LogP) is 1.68. The minimum absolute atomic E-state index is 0.152. The fourth-order valence-electron chi connectivity index (χ4n) is 1.68. The number of nitrogens with zero attached hydrogens (tertiary/aromatic N) is 1. The molecule has 0 spiro atoms. The summed E-state index contributed by atoms with van der Waals surface area (Å²) in [6.45, 7) is 0.563. The molecule has 2 rings (SSSR count). The van der Waals surface area contributed by atoms with Crippen molar-refractivity contribution in [2.24, 2.45) is 5.92 Å². The van der Waals surface area contributed by atoms with Gasteiger partial charge in [0.25, 0.3) is 0 Å². The molecular formula is C14H14N2O3. The second-order valence-electron chi connectivity index (χ2n) is 4.10. The van der Waals surface area contributed by atoms with Crippen LogP contribution in [-0.2, 0) is 20.8 Å². The van der Waals surface area contributed by atoms with Crippen LogP contribution >= 0.6 is 0 Å². The van der Waals surface area contributed by atoms with Gasteiger partial charge in [-0.25, -0.2) is 0 Å². The zero-order valence-corrected chi connectivity index (χ0v) is 10.3. The lowest BCUT2D eigenvalue weighted by molar-refractivity contribution is -0.123. The standard InChI is InChI=1S/C14H14N2O3/c15-7-12(6-13-9-18-10-19-13)14(17)16-8-11-4-2-1-3-5-11/h1-5,9,12H,6,8,10H2,(H,16,17). The zero-order valence-electron chi connectivity index (χ0n) is 10.3. The van der Waals surface area contributed by atoms with Gasteiger partial charge < -0.3 is 14.8 Å². The number of nitriles is 1. The van der Waals surface area contributed by atoms with Gasteiger partial charge in [0.05, 0.1) is 6.07 Å². The van der Waals surface area contributed by atoms with E-state index in [1.54, 1.807) is 0 Å². The smallest absolute Gasteiger partial charge is 0.238 e. The Kier molecular flexibility index (Phi) is 4.40. The molecule has 1 N–H and O–H groups in total. The molecule has 98 valence electrons. The van der Waals surface area contributed by atoms with Crippen LogP contribution in [0, 0.1) is 17.2 Å². The first-order valence-corrected chi connectivity index (χ1v) is 5.94. The van der Waals surface area contributed by atoms with Crippen molar-refractivity contribution in [3.8, 4) is 6.07 Å². The van der Waals surface area contributed by atoms with E-state index in [9.17, 15) is 4.79 Å². The summed E-state index contributed by atoms with van der Waals surface area (Å²) in [5, 5.41) is 11.8. The van der Waals surface area contributed by atoms with Gasteiger partial charge in [-0.15, -0.1) is 0 Å². The highest BCUT2D eigenvalue weighted by Crippen LogP contribution is 2.17. The van der Waals surface area contributed by atoms with Crippen molar-refractivity contribution in [2.45, 2.75) is 13.0 Å². The second-order valence-corrected chi connectivity index (χ2v) is 4.10. The average Bonchev–Trinajstić information content (AvgIpc) is 2.96. The number of benzene rings is 1. The third kappa shape index (κ3) is 3.75. The van der Waals surface area contributed by atoms with Crippen LogP contribution in [0.2, 0.25) is 0 Å². The van der Waals surface area contributed by atoms with Crippen LogP contribution in [0.25, 0.3) is 0 Å². The summed E-state index contributed by atoms with van der Waals surface area (Å²) in [7, 11) is 0. The van der Waals surface area contributed by atoms with Gasteiger partial charge in [0.2, 0.25) is 12.7 Å². The molecule has 0 radical (unpaired) electrons. The topological polar surface area (TPSA) is 71.3 Å². The van der Waals surface area contributed by atoms with E-state index in [0.717, 1.165) is 5.56 Å². The minimum atomic E-state index is -0.767. The Morgan fingerprint density at radius 1 is 1.42 bits per heavy atom. The van der Waals surface area contributed by atoms with Gasteiger partial charge in [0.1, 0.15) is 17.9 Å². The molecule has 1 aromatic carbocycles. The molecule has 1 aromatic rings. The maximum atomic E-state index is 11.9. The Morgan fingerprint density at radius 3 is 2.84 bits per heavy atom. The molecule has 0 aliphatic carbocycles. The number of hydrogen-bond donors (Lipinski definition) is 1. The van der Waals surface area contributed by atoms with Crippen LogP contribution in [0.3, 0.4) is 0 Å². The van der Waals surface area contributed by atoms with Crippen LogP contribution in [0.5, 0.6) is 0 Å². The number of carbonyl (C=O) groups excluding carboxylic acids is 1. The highest BCUT2D eigenvalue weighted by molar-refractivity contribution is 5.81. The quantitative estimate of drug-likeness (QED) is 0.872. The average molecular weight is 258 g/mol. The van der Waals surface area contributed by atoms with Gasteiger partial charge in [-0.1, -0.05) is 30.3 Å². The van der Waals surface area contributed by atoms with E-state index in [-0.39, 0.29) is 19.1 Å². The molecule has 0 saturated heterocycles. The van der Waals surface area contributed by atoms with E-state index in [0.29, 0.717) is 12.3 Å². The summed E-state index contributed by atoms with van der Waals surface area (Å²) in [6, 6.07) is 11.5. The monoisotopic (exact) mass is 258 g/mol. The van der Waals surface area contributed by atoms with Crippen molar-refractivity contribution in [3.63, 3.8) is 0 Å². The molecule has 1 amide bonds. The first-order chi connectivity index (χ1) is 9.29. The first-order valence-electron chi connectivity index (χ1n) is 5.94. The van der Waals surface area contributed by atoms with Crippen molar-refractivity contribution in [1.82, 2.24) is 5.32 Å². The van der Waals surface area contributed by atoms with Crippen molar-refractivity contribution in [3.05, 3.63) is 47.9 Å². The Balaban J connectivity index is 1.85. The van der Waals surface area contributed by atoms with Crippen molar-refractivity contribution in [1.29, 1.82) is 5.26 Å². The summed E-state index contributed by atoms with van der Waals surface area (Å²) in [5.41, 5.74) is 0.993. The molecule has 0 fully saturated rings. The summed E-state index contributed by atoms with van der Waals surface area (Å²) in [4.78, 5) is 11.9. The third-order valence-corrected chi connectivity index (χ3v) is 2.71. The molecule has 5 nitrogen and oxygen atoms in total. The number of rotatable bonds is 5. The number of ether oxygens (including phenoxy) is 2. The second kappa shape index (κ2) is 6.45. The lowest BCUT2D eigenvalue weighted by Gasteiger charge is -2.10. The molecule has 1 aliphatic heterocycles.